The van der Waals surface area contributed by atoms with Crippen LogP contribution in [0.25, 0.3) is 0 Å². The summed E-state index contributed by atoms with van der Waals surface area (Å²) in [6.45, 7) is -0.375. The van der Waals surface area contributed by atoms with E-state index in [-0.39, 0.29) is 31.1 Å². The van der Waals surface area contributed by atoms with Crippen molar-refractivity contribution in [3.8, 4) is 0 Å². The number of methoxy groups -OCH3 is 1. The maximum Gasteiger partial charge on any atom is 0.416 e. The molecule has 0 unspecified atom stereocenters. The maximum atomic E-state index is 12.8. The third-order valence-electron chi connectivity index (χ3n) is 3.52. The molecule has 2 aromatic rings. The number of carbonyl (C=O) groups is 2. The van der Waals surface area contributed by atoms with Crippen molar-refractivity contribution in [2.45, 2.75) is 6.18 Å². The van der Waals surface area contributed by atoms with E-state index in [1.807, 2.05) is 0 Å². The molecule has 0 saturated carbocycles. The van der Waals surface area contributed by atoms with Gasteiger partial charge in [-0.05, 0) is 30.3 Å². The topological polar surface area (TPSA) is 73.9 Å². The number of ether oxygens (including phenoxy) is 3. The first kappa shape index (κ1) is 21.2. The van der Waals surface area contributed by atoms with Crippen LogP contribution in [-0.2, 0) is 25.2 Å². The Hall–Kier alpha value is -3.07. The summed E-state index contributed by atoms with van der Waals surface area (Å²) in [4.78, 5) is 23.1. The van der Waals surface area contributed by atoms with Crippen LogP contribution in [0.2, 0.25) is 0 Å². The van der Waals surface area contributed by atoms with E-state index < -0.39 is 23.7 Å². The number of carbonyl (C=O) groups excluding carboxylic acids is 2. The molecule has 0 aliphatic carbocycles. The van der Waals surface area contributed by atoms with Gasteiger partial charge in [0.25, 0.3) is 0 Å². The summed E-state index contributed by atoms with van der Waals surface area (Å²) in [7, 11) is 1.22. The van der Waals surface area contributed by atoms with Crippen LogP contribution < -0.4 is 5.32 Å². The smallest absolute Gasteiger partial charge is 0.416 e. The van der Waals surface area contributed by atoms with Crippen molar-refractivity contribution in [2.75, 3.05) is 32.2 Å². The molecule has 28 heavy (non-hydrogen) atoms. The summed E-state index contributed by atoms with van der Waals surface area (Å²) < 4.78 is 53.0. The highest BCUT2D eigenvalue weighted by atomic mass is 19.4. The Kier molecular flexibility index (Phi) is 7.39. The second kappa shape index (κ2) is 9.75. The van der Waals surface area contributed by atoms with Gasteiger partial charge in [0, 0.05) is 5.69 Å². The number of hydrogen-bond donors (Lipinski definition) is 1. The van der Waals surface area contributed by atoms with E-state index in [0.717, 1.165) is 12.1 Å². The fourth-order valence-corrected chi connectivity index (χ4v) is 2.18. The lowest BCUT2D eigenvalue weighted by molar-refractivity contribution is -0.146. The van der Waals surface area contributed by atoms with Crippen molar-refractivity contribution >= 4 is 23.3 Å². The number of anilines is 2. The quantitative estimate of drug-likeness (QED) is 0.540. The van der Waals surface area contributed by atoms with Gasteiger partial charge in [0.15, 0.2) is 0 Å². The second-order valence-electron chi connectivity index (χ2n) is 5.51. The molecule has 0 aliphatic heterocycles. The highest BCUT2D eigenvalue weighted by Gasteiger charge is 2.30. The van der Waals surface area contributed by atoms with E-state index in [9.17, 15) is 22.8 Å². The van der Waals surface area contributed by atoms with Crippen LogP contribution >= 0.6 is 0 Å². The van der Waals surface area contributed by atoms with Crippen molar-refractivity contribution in [1.29, 1.82) is 0 Å². The van der Waals surface area contributed by atoms with Crippen molar-refractivity contribution in [1.82, 2.24) is 0 Å². The minimum atomic E-state index is -4.47. The summed E-state index contributed by atoms with van der Waals surface area (Å²) >= 11 is 0. The van der Waals surface area contributed by atoms with Crippen LogP contribution in [0.3, 0.4) is 0 Å². The van der Waals surface area contributed by atoms with Gasteiger partial charge in [-0.1, -0.05) is 18.2 Å². The van der Waals surface area contributed by atoms with Gasteiger partial charge in [-0.15, -0.1) is 0 Å². The number of halogens is 3. The lowest BCUT2D eigenvalue weighted by atomic mass is 10.1. The van der Waals surface area contributed by atoms with Gasteiger partial charge in [-0.3, -0.25) is 0 Å². The number of nitrogens with one attached hydrogen (secondary N) is 1. The Balaban J connectivity index is 2.01. The Bertz CT molecular complexity index is 823. The highest BCUT2D eigenvalue weighted by Crippen LogP contribution is 2.31. The van der Waals surface area contributed by atoms with E-state index >= 15 is 0 Å². The van der Waals surface area contributed by atoms with Crippen LogP contribution in [-0.4, -0.2) is 38.9 Å². The summed E-state index contributed by atoms with van der Waals surface area (Å²) in [5.41, 5.74) is -0.188. The van der Waals surface area contributed by atoms with Gasteiger partial charge in [0.2, 0.25) is 0 Å². The molecule has 0 fully saturated rings. The average molecular weight is 397 g/mol. The third-order valence-corrected chi connectivity index (χ3v) is 3.52. The second-order valence-corrected chi connectivity index (χ2v) is 5.51. The molecule has 0 amide bonds. The van der Waals surface area contributed by atoms with Gasteiger partial charge in [-0.25, -0.2) is 9.59 Å². The Labute approximate surface area is 159 Å². The lowest BCUT2D eigenvalue weighted by Gasteiger charge is -2.13. The summed E-state index contributed by atoms with van der Waals surface area (Å²) in [5.74, 6) is -1.24. The van der Waals surface area contributed by atoms with Crippen molar-refractivity contribution in [2.24, 2.45) is 0 Å². The SMILES string of the molecule is COC(=O)COCCOC(=O)c1ccccc1Nc1cccc(C(F)(F)F)c1. The molecule has 9 heteroatoms. The lowest BCUT2D eigenvalue weighted by Crippen LogP contribution is -2.16. The summed E-state index contributed by atoms with van der Waals surface area (Å²) in [6, 6.07) is 10.9. The highest BCUT2D eigenvalue weighted by molar-refractivity contribution is 5.96. The van der Waals surface area contributed by atoms with Gasteiger partial charge in [0.1, 0.15) is 13.2 Å². The zero-order chi connectivity index (χ0) is 20.6. The number of rotatable bonds is 8. The molecular weight excluding hydrogens is 379 g/mol. The molecular formula is C19H18F3NO5. The summed E-state index contributed by atoms with van der Waals surface area (Å²) in [6.07, 6.45) is -4.47. The fraction of sp³-hybridized carbons (Fsp3) is 0.263. The fourth-order valence-electron chi connectivity index (χ4n) is 2.18. The minimum Gasteiger partial charge on any atom is -0.467 e. The zero-order valence-corrected chi connectivity index (χ0v) is 14.9. The van der Waals surface area contributed by atoms with Crippen molar-refractivity contribution in [3.63, 3.8) is 0 Å². The predicted molar refractivity (Wildman–Crippen MR) is 94.3 cm³/mol. The molecule has 2 rings (SSSR count). The molecule has 1 N–H and O–H groups in total. The molecule has 150 valence electrons. The molecule has 0 spiro atoms. The monoisotopic (exact) mass is 397 g/mol. The van der Waals surface area contributed by atoms with Crippen molar-refractivity contribution in [3.05, 3.63) is 59.7 Å². The number of para-hydroxylation sites is 1. The Morgan fingerprint density at radius 1 is 1.04 bits per heavy atom. The number of alkyl halides is 3. The zero-order valence-electron chi connectivity index (χ0n) is 14.9. The number of benzene rings is 2. The maximum absolute atomic E-state index is 12.8. The van der Waals surface area contributed by atoms with Gasteiger partial charge < -0.3 is 19.5 Å². The molecule has 0 atom stereocenters. The Morgan fingerprint density at radius 3 is 2.50 bits per heavy atom. The van der Waals surface area contributed by atoms with Crippen LogP contribution in [0.1, 0.15) is 15.9 Å². The molecule has 0 heterocycles. The number of esters is 2. The summed E-state index contributed by atoms with van der Waals surface area (Å²) in [5, 5.41) is 2.80. The standard InChI is InChI=1S/C19H18F3NO5/c1-26-17(24)12-27-9-10-28-18(25)15-7-2-3-8-16(15)23-14-6-4-5-13(11-14)19(20,21)22/h2-8,11,23H,9-10,12H2,1H3. The first-order valence-electron chi connectivity index (χ1n) is 8.16. The first-order chi connectivity index (χ1) is 13.3. The van der Waals surface area contributed by atoms with E-state index in [1.54, 1.807) is 18.2 Å². The van der Waals surface area contributed by atoms with Crippen molar-refractivity contribution < 1.29 is 37.0 Å². The van der Waals surface area contributed by atoms with Crippen LogP contribution in [0, 0.1) is 0 Å². The molecule has 6 nitrogen and oxygen atoms in total. The van der Waals surface area contributed by atoms with Gasteiger partial charge in [0.05, 0.1) is 30.5 Å². The Morgan fingerprint density at radius 2 is 1.79 bits per heavy atom. The van der Waals surface area contributed by atoms with E-state index in [2.05, 4.69) is 10.1 Å². The first-order valence-corrected chi connectivity index (χ1v) is 8.16. The van der Waals surface area contributed by atoms with Gasteiger partial charge in [-0.2, -0.15) is 13.2 Å². The molecule has 0 bridgehead atoms. The van der Waals surface area contributed by atoms with Crippen LogP contribution in [0.5, 0.6) is 0 Å². The van der Waals surface area contributed by atoms with Crippen LogP contribution in [0.15, 0.2) is 48.5 Å². The van der Waals surface area contributed by atoms with E-state index in [0.29, 0.717) is 5.69 Å². The van der Waals surface area contributed by atoms with Crippen LogP contribution in [0.4, 0.5) is 24.5 Å². The van der Waals surface area contributed by atoms with Gasteiger partial charge >= 0.3 is 18.1 Å². The number of hydrogen-bond acceptors (Lipinski definition) is 6. The largest absolute Gasteiger partial charge is 0.467 e. The molecule has 0 radical (unpaired) electrons. The predicted octanol–water partition coefficient (Wildman–Crippen LogP) is 3.80. The molecule has 0 aliphatic rings. The minimum absolute atomic E-state index is 0.00986. The third kappa shape index (κ3) is 6.27. The molecule has 0 aromatic heterocycles. The van der Waals surface area contributed by atoms with E-state index in [1.165, 1.54) is 25.3 Å². The normalized spacial score (nSPS) is 11.0. The average Bonchev–Trinajstić information content (AvgIpc) is 2.67. The van der Waals surface area contributed by atoms with E-state index in [4.69, 9.17) is 9.47 Å². The molecule has 0 saturated heterocycles. The molecule has 2 aromatic carbocycles.